The zero-order valence-electron chi connectivity index (χ0n) is 17.6. The van der Waals surface area contributed by atoms with Gasteiger partial charge in [0.25, 0.3) is 0 Å². The third-order valence-electron chi connectivity index (χ3n) is 2.35. The van der Waals surface area contributed by atoms with Crippen LogP contribution in [-0.4, -0.2) is 58.7 Å². The van der Waals surface area contributed by atoms with Crippen molar-refractivity contribution in [3.63, 3.8) is 0 Å². The summed E-state index contributed by atoms with van der Waals surface area (Å²) in [6.45, 7) is -6.84. The van der Waals surface area contributed by atoms with Crippen LogP contribution in [0.1, 0.15) is 35.3 Å². The second kappa shape index (κ2) is 9.75. The summed E-state index contributed by atoms with van der Waals surface area (Å²) >= 11 is 1.03. The molecule has 0 fully saturated rings. The van der Waals surface area contributed by atoms with Crippen molar-refractivity contribution in [2.45, 2.75) is 33.2 Å². The highest BCUT2D eigenvalue weighted by Gasteiger charge is 2.32. The second-order valence-corrected chi connectivity index (χ2v) is 5.53. The van der Waals surface area contributed by atoms with Gasteiger partial charge in [-0.15, -0.1) is 0 Å². The van der Waals surface area contributed by atoms with Gasteiger partial charge in [0, 0.05) is 45.8 Å². The zero-order valence-corrected chi connectivity index (χ0v) is 12.5. The number of aliphatic hydroxyl groups is 2. The number of carbonyl (C=O) groups excluding carboxylic acids is 3. The molecule has 0 aromatic carbocycles. The van der Waals surface area contributed by atoms with Crippen LogP contribution in [0.15, 0.2) is 0 Å². The Kier molecular flexibility index (Phi) is 5.32. The molecule has 0 aliphatic rings. The van der Waals surface area contributed by atoms with Gasteiger partial charge in [0.05, 0.1) is 6.61 Å². The van der Waals surface area contributed by atoms with Crippen LogP contribution in [0.4, 0.5) is 0 Å². The van der Waals surface area contributed by atoms with E-state index in [1.54, 1.807) is 0 Å². The Morgan fingerprint density at radius 3 is 2.48 bits per heavy atom. The van der Waals surface area contributed by atoms with Gasteiger partial charge in [0.15, 0.2) is 5.12 Å². The number of hydrogen-bond donors (Lipinski definition) is 4. The standard InChI is InChI=1S/C13H24N2O5S/c1-9(17)21-7-6-14-10(18)4-5-15-12(20)11(19)13(2,3)8-16/h11,16,19H,4-8H2,1-3H3,(H,14,18)(H,15,20)/t11-/m0/s1/i2D3,3D3. The lowest BCUT2D eigenvalue weighted by Crippen LogP contribution is -2.46. The number of thioether (sulfide) groups is 1. The molecule has 0 radical (unpaired) electrons. The molecule has 7 nitrogen and oxygen atoms in total. The Labute approximate surface area is 137 Å². The van der Waals surface area contributed by atoms with E-state index in [-0.39, 0.29) is 24.6 Å². The molecule has 0 heterocycles. The van der Waals surface area contributed by atoms with E-state index in [1.165, 1.54) is 6.92 Å². The van der Waals surface area contributed by atoms with Gasteiger partial charge in [-0.2, -0.15) is 0 Å². The summed E-state index contributed by atoms with van der Waals surface area (Å²) in [4.78, 5) is 34.3. The van der Waals surface area contributed by atoms with E-state index >= 15 is 0 Å². The summed E-state index contributed by atoms with van der Waals surface area (Å²) < 4.78 is 44.2. The van der Waals surface area contributed by atoms with Crippen LogP contribution in [0.5, 0.6) is 0 Å². The molecule has 0 saturated carbocycles. The van der Waals surface area contributed by atoms with E-state index in [4.69, 9.17) is 8.22 Å². The molecule has 0 aliphatic carbocycles. The average Bonchev–Trinajstić information content (AvgIpc) is 2.49. The minimum absolute atomic E-state index is 0.0959. The van der Waals surface area contributed by atoms with Gasteiger partial charge in [-0.05, 0) is 0 Å². The first kappa shape index (κ1) is 11.4. The molecule has 2 amide bonds. The lowest BCUT2D eigenvalue weighted by Gasteiger charge is -2.27. The van der Waals surface area contributed by atoms with Crippen molar-refractivity contribution in [3.8, 4) is 0 Å². The van der Waals surface area contributed by atoms with Crippen LogP contribution in [0.2, 0.25) is 0 Å². The van der Waals surface area contributed by atoms with Gasteiger partial charge in [0.2, 0.25) is 11.8 Å². The predicted octanol–water partition coefficient (Wildman–Crippen LogP) is -0.732. The molecule has 122 valence electrons. The van der Waals surface area contributed by atoms with Crippen molar-refractivity contribution >= 4 is 28.7 Å². The maximum absolute atomic E-state index is 12.0. The van der Waals surface area contributed by atoms with Gasteiger partial charge < -0.3 is 20.8 Å². The zero-order chi connectivity index (χ0) is 21.5. The highest BCUT2D eigenvalue weighted by Crippen LogP contribution is 2.19. The number of nitrogens with one attached hydrogen (secondary N) is 2. The Bertz CT molecular complexity index is 526. The molecule has 1 atom stereocenters. The quantitative estimate of drug-likeness (QED) is 0.415. The molecule has 0 aliphatic heterocycles. The van der Waals surface area contributed by atoms with Gasteiger partial charge in [-0.25, -0.2) is 0 Å². The number of rotatable bonds is 9. The van der Waals surface area contributed by atoms with Crippen molar-refractivity contribution in [1.29, 1.82) is 0 Å². The fraction of sp³-hybridized carbons (Fsp3) is 0.769. The van der Waals surface area contributed by atoms with Gasteiger partial charge in [-0.1, -0.05) is 25.5 Å². The fourth-order valence-corrected chi connectivity index (χ4v) is 1.67. The van der Waals surface area contributed by atoms with Crippen LogP contribution in [0, 0.1) is 5.41 Å². The number of amides is 2. The highest BCUT2D eigenvalue weighted by molar-refractivity contribution is 8.13. The number of hydrogen-bond acceptors (Lipinski definition) is 6. The molecule has 0 bridgehead atoms. The minimum atomic E-state index is -3.35. The Morgan fingerprint density at radius 2 is 1.95 bits per heavy atom. The van der Waals surface area contributed by atoms with Crippen molar-refractivity contribution in [2.75, 3.05) is 25.4 Å². The molecule has 21 heavy (non-hydrogen) atoms. The van der Waals surface area contributed by atoms with Crippen molar-refractivity contribution in [2.24, 2.45) is 5.41 Å². The summed E-state index contributed by atoms with van der Waals surface area (Å²) in [7, 11) is 0. The summed E-state index contributed by atoms with van der Waals surface area (Å²) in [6, 6.07) is 0. The largest absolute Gasteiger partial charge is 0.396 e. The van der Waals surface area contributed by atoms with Crippen molar-refractivity contribution < 1.29 is 32.8 Å². The summed E-state index contributed by atoms with van der Waals surface area (Å²) in [5.41, 5.74) is -3.06. The van der Waals surface area contributed by atoms with Gasteiger partial charge >= 0.3 is 0 Å². The average molecular weight is 326 g/mol. The lowest BCUT2D eigenvalue weighted by molar-refractivity contribution is -0.137. The van der Waals surface area contributed by atoms with E-state index in [0.717, 1.165) is 11.8 Å². The molecule has 4 N–H and O–H groups in total. The van der Waals surface area contributed by atoms with Crippen LogP contribution < -0.4 is 10.6 Å². The van der Waals surface area contributed by atoms with Crippen molar-refractivity contribution in [3.05, 3.63) is 0 Å². The van der Waals surface area contributed by atoms with E-state index < -0.39 is 43.6 Å². The number of aliphatic hydroxyl groups excluding tert-OH is 2. The van der Waals surface area contributed by atoms with Gasteiger partial charge in [0.1, 0.15) is 6.10 Å². The van der Waals surface area contributed by atoms with Crippen LogP contribution >= 0.6 is 11.8 Å². The summed E-state index contributed by atoms with van der Waals surface area (Å²) in [6.07, 6.45) is -2.76. The monoisotopic (exact) mass is 326 g/mol. The maximum atomic E-state index is 12.0. The van der Waals surface area contributed by atoms with Crippen LogP contribution in [0.3, 0.4) is 0 Å². The summed E-state index contributed by atoms with van der Waals surface area (Å²) in [5.74, 6) is -1.41. The lowest BCUT2D eigenvalue weighted by atomic mass is 9.87. The van der Waals surface area contributed by atoms with E-state index in [9.17, 15) is 24.6 Å². The molecule has 0 aromatic rings. The fourth-order valence-electron chi connectivity index (χ4n) is 1.18. The Balaban J connectivity index is 4.76. The number of carbonyl (C=O) groups is 3. The normalized spacial score (nSPS) is 18.0. The van der Waals surface area contributed by atoms with E-state index in [0.29, 0.717) is 5.75 Å². The molecular weight excluding hydrogens is 296 g/mol. The summed E-state index contributed by atoms with van der Waals surface area (Å²) in [5, 5.41) is 23.9. The molecule has 0 spiro atoms. The third kappa shape index (κ3) is 8.69. The smallest absolute Gasteiger partial charge is 0.249 e. The van der Waals surface area contributed by atoms with Crippen molar-refractivity contribution in [1.82, 2.24) is 10.6 Å². The molecule has 0 saturated heterocycles. The first-order chi connectivity index (χ1) is 12.2. The third-order valence-corrected chi connectivity index (χ3v) is 3.16. The maximum Gasteiger partial charge on any atom is 0.249 e. The predicted molar refractivity (Wildman–Crippen MR) is 80.6 cm³/mol. The Hall–Kier alpha value is -1.12. The topological polar surface area (TPSA) is 116 Å². The second-order valence-electron chi connectivity index (χ2n) is 4.26. The van der Waals surface area contributed by atoms with E-state index in [2.05, 4.69) is 10.6 Å². The molecule has 8 heteroatoms. The minimum Gasteiger partial charge on any atom is -0.396 e. The van der Waals surface area contributed by atoms with Gasteiger partial charge in [-0.3, -0.25) is 14.4 Å². The SMILES string of the molecule is [2H]C([2H])([2H])C(CO)([C@@H](O)C(=O)NCCC(=O)NCCSC(C)=O)C([2H])([2H])[2H]. The first-order valence-corrected chi connectivity index (χ1v) is 7.16. The Morgan fingerprint density at radius 1 is 1.29 bits per heavy atom. The molecule has 0 aromatic heterocycles. The molecule has 0 rings (SSSR count). The van der Waals surface area contributed by atoms with Crippen LogP contribution in [-0.2, 0) is 14.4 Å². The van der Waals surface area contributed by atoms with Crippen LogP contribution in [0.25, 0.3) is 0 Å². The molecular formula is C13H24N2O5S. The first-order valence-electron chi connectivity index (χ1n) is 9.17. The molecule has 0 unspecified atom stereocenters. The van der Waals surface area contributed by atoms with E-state index in [1.807, 2.05) is 0 Å². The highest BCUT2D eigenvalue weighted by atomic mass is 32.2.